The van der Waals surface area contributed by atoms with Crippen molar-refractivity contribution in [2.75, 3.05) is 0 Å². The van der Waals surface area contributed by atoms with Gasteiger partial charge in [-0.3, -0.25) is 4.79 Å². The molecule has 6 heteroatoms. The number of nitrogens with zero attached hydrogens (tertiary/aromatic N) is 1. The molecule has 3 unspecified atom stereocenters. The van der Waals surface area contributed by atoms with Crippen LogP contribution in [0.15, 0.2) is 12.5 Å². The molecule has 1 aromatic rings. The van der Waals surface area contributed by atoms with Crippen LogP contribution in [-0.2, 0) is 16.0 Å². The predicted molar refractivity (Wildman–Crippen MR) is 70.8 cm³/mol. The number of aromatic amines is 1. The maximum atomic E-state index is 12.3. The van der Waals surface area contributed by atoms with Gasteiger partial charge in [0.15, 0.2) is 0 Å². The highest BCUT2D eigenvalue weighted by Gasteiger charge is 2.43. The summed E-state index contributed by atoms with van der Waals surface area (Å²) in [7, 11) is 0. The van der Waals surface area contributed by atoms with Gasteiger partial charge >= 0.3 is 5.97 Å². The van der Waals surface area contributed by atoms with Gasteiger partial charge in [0.05, 0.1) is 6.33 Å². The summed E-state index contributed by atoms with van der Waals surface area (Å²) >= 11 is 0. The van der Waals surface area contributed by atoms with E-state index >= 15 is 0 Å². The molecule has 4 atom stereocenters. The van der Waals surface area contributed by atoms with Gasteiger partial charge in [-0.2, -0.15) is 0 Å². The summed E-state index contributed by atoms with van der Waals surface area (Å²) in [6.45, 7) is 0. The second-order valence-electron chi connectivity index (χ2n) is 5.96. The zero-order chi connectivity index (χ0) is 14.1. The fourth-order valence-electron chi connectivity index (χ4n) is 3.66. The number of imidazole rings is 1. The van der Waals surface area contributed by atoms with E-state index in [2.05, 4.69) is 15.3 Å². The van der Waals surface area contributed by atoms with Gasteiger partial charge in [-0.25, -0.2) is 9.78 Å². The molecule has 6 nitrogen and oxygen atoms in total. The highest BCUT2D eigenvalue weighted by molar-refractivity contribution is 5.85. The van der Waals surface area contributed by atoms with E-state index in [1.54, 1.807) is 6.20 Å². The molecule has 0 radical (unpaired) electrons. The Kier molecular flexibility index (Phi) is 3.46. The van der Waals surface area contributed by atoms with Crippen LogP contribution in [0.4, 0.5) is 0 Å². The van der Waals surface area contributed by atoms with Gasteiger partial charge in [0, 0.05) is 24.2 Å². The van der Waals surface area contributed by atoms with E-state index in [4.69, 9.17) is 0 Å². The second kappa shape index (κ2) is 5.26. The quantitative estimate of drug-likeness (QED) is 0.747. The van der Waals surface area contributed by atoms with E-state index in [0.29, 0.717) is 17.5 Å². The number of carboxylic acids is 1. The molecule has 0 aliphatic heterocycles. The Morgan fingerprint density at radius 2 is 2.30 bits per heavy atom. The first-order valence-electron chi connectivity index (χ1n) is 7.14. The standard InChI is InChI=1S/C14H19N3O3/c18-13(11-4-8-1-2-9(11)3-8)17-12(14(19)20)5-10-6-15-7-16-10/h6-9,11-12H,1-5H2,(H,15,16)(H,17,18)(H,19,20)/t8?,9?,11?,12-/m1/s1. The lowest BCUT2D eigenvalue weighted by molar-refractivity contribution is -0.142. The van der Waals surface area contributed by atoms with Gasteiger partial charge in [0.1, 0.15) is 6.04 Å². The number of aliphatic carboxylic acids is 1. The fraction of sp³-hybridized carbons (Fsp3) is 0.643. The van der Waals surface area contributed by atoms with Crippen molar-refractivity contribution in [2.45, 2.75) is 38.1 Å². The lowest BCUT2D eigenvalue weighted by atomic mass is 9.88. The third-order valence-corrected chi connectivity index (χ3v) is 4.67. The van der Waals surface area contributed by atoms with Gasteiger partial charge in [-0.05, 0) is 31.1 Å². The lowest BCUT2D eigenvalue weighted by Gasteiger charge is -2.23. The Labute approximate surface area is 117 Å². The van der Waals surface area contributed by atoms with E-state index in [9.17, 15) is 14.7 Å². The first-order valence-corrected chi connectivity index (χ1v) is 7.14. The lowest BCUT2D eigenvalue weighted by Crippen LogP contribution is -2.46. The Hall–Kier alpha value is -1.85. The number of aromatic nitrogens is 2. The number of nitrogens with one attached hydrogen (secondary N) is 2. The van der Waals surface area contributed by atoms with E-state index in [-0.39, 0.29) is 18.2 Å². The number of rotatable bonds is 5. The minimum atomic E-state index is -1.00. The Balaban J connectivity index is 1.61. The summed E-state index contributed by atoms with van der Waals surface area (Å²) in [6.07, 6.45) is 7.72. The first kappa shape index (κ1) is 13.1. The van der Waals surface area contributed by atoms with Crippen LogP contribution >= 0.6 is 0 Å². The molecule has 1 aromatic heterocycles. The van der Waals surface area contributed by atoms with Crippen molar-refractivity contribution in [3.8, 4) is 0 Å². The van der Waals surface area contributed by atoms with Crippen LogP contribution in [-0.4, -0.2) is 33.0 Å². The van der Waals surface area contributed by atoms with Crippen molar-refractivity contribution in [3.63, 3.8) is 0 Å². The Bertz CT molecular complexity index is 500. The van der Waals surface area contributed by atoms with Crippen molar-refractivity contribution in [3.05, 3.63) is 18.2 Å². The first-order chi connectivity index (χ1) is 9.63. The van der Waals surface area contributed by atoms with E-state index < -0.39 is 12.0 Å². The molecule has 20 heavy (non-hydrogen) atoms. The number of H-pyrrole nitrogens is 1. The number of hydrogen-bond donors (Lipinski definition) is 3. The highest BCUT2D eigenvalue weighted by atomic mass is 16.4. The summed E-state index contributed by atoms with van der Waals surface area (Å²) in [4.78, 5) is 30.3. The van der Waals surface area contributed by atoms with Crippen LogP contribution in [0.25, 0.3) is 0 Å². The molecule has 0 spiro atoms. The summed E-state index contributed by atoms with van der Waals surface area (Å²) < 4.78 is 0. The molecule has 2 saturated carbocycles. The van der Waals surface area contributed by atoms with E-state index in [1.807, 2.05) is 0 Å². The minimum Gasteiger partial charge on any atom is -0.480 e. The Morgan fingerprint density at radius 1 is 1.45 bits per heavy atom. The van der Waals surface area contributed by atoms with Crippen LogP contribution in [0, 0.1) is 17.8 Å². The number of carbonyl (C=O) groups excluding carboxylic acids is 1. The number of fused-ring (bicyclic) bond motifs is 2. The topological polar surface area (TPSA) is 95.1 Å². The van der Waals surface area contributed by atoms with Crippen molar-refractivity contribution < 1.29 is 14.7 Å². The molecule has 2 aliphatic carbocycles. The average Bonchev–Trinajstić information content (AvgIpc) is 3.14. The summed E-state index contributed by atoms with van der Waals surface area (Å²) in [5.41, 5.74) is 0.714. The third kappa shape index (κ3) is 2.55. The molecule has 1 heterocycles. The van der Waals surface area contributed by atoms with Gasteiger partial charge in [0.25, 0.3) is 0 Å². The molecule has 3 rings (SSSR count). The monoisotopic (exact) mass is 277 g/mol. The van der Waals surface area contributed by atoms with E-state index in [1.165, 1.54) is 12.7 Å². The SMILES string of the molecule is O=C(N[C@H](Cc1cnc[nH]1)C(=O)O)C1CC2CCC1C2. The molecule has 2 fully saturated rings. The third-order valence-electron chi connectivity index (χ3n) is 4.67. The molecule has 108 valence electrons. The zero-order valence-electron chi connectivity index (χ0n) is 11.2. The molecular weight excluding hydrogens is 258 g/mol. The molecule has 3 N–H and O–H groups in total. The van der Waals surface area contributed by atoms with Crippen LogP contribution in [0.2, 0.25) is 0 Å². The maximum absolute atomic E-state index is 12.3. The average molecular weight is 277 g/mol. The van der Waals surface area contributed by atoms with Gasteiger partial charge in [-0.15, -0.1) is 0 Å². The van der Waals surface area contributed by atoms with Crippen molar-refractivity contribution in [1.82, 2.24) is 15.3 Å². The number of carbonyl (C=O) groups is 2. The number of carboxylic acid groups (broad SMARTS) is 1. The molecule has 1 amide bonds. The van der Waals surface area contributed by atoms with Crippen LogP contribution in [0.5, 0.6) is 0 Å². The molecule has 0 aromatic carbocycles. The second-order valence-corrected chi connectivity index (χ2v) is 5.96. The van der Waals surface area contributed by atoms with E-state index in [0.717, 1.165) is 19.3 Å². The smallest absolute Gasteiger partial charge is 0.326 e. The normalized spacial score (nSPS) is 29.3. The maximum Gasteiger partial charge on any atom is 0.326 e. The largest absolute Gasteiger partial charge is 0.480 e. The Morgan fingerprint density at radius 3 is 2.85 bits per heavy atom. The van der Waals surface area contributed by atoms with Gasteiger partial charge in [0.2, 0.25) is 5.91 Å². The summed E-state index contributed by atoms with van der Waals surface area (Å²) in [5, 5.41) is 11.9. The van der Waals surface area contributed by atoms with Crippen molar-refractivity contribution in [2.24, 2.45) is 17.8 Å². The zero-order valence-corrected chi connectivity index (χ0v) is 11.2. The molecule has 2 bridgehead atoms. The number of amides is 1. The van der Waals surface area contributed by atoms with Crippen LogP contribution in [0.1, 0.15) is 31.4 Å². The highest BCUT2D eigenvalue weighted by Crippen LogP contribution is 2.48. The van der Waals surface area contributed by atoms with Gasteiger partial charge < -0.3 is 15.4 Å². The molecule has 0 saturated heterocycles. The minimum absolute atomic E-state index is 0.0115. The van der Waals surface area contributed by atoms with Crippen LogP contribution in [0.3, 0.4) is 0 Å². The van der Waals surface area contributed by atoms with Gasteiger partial charge in [-0.1, -0.05) is 6.42 Å². The summed E-state index contributed by atoms with van der Waals surface area (Å²) in [6, 6.07) is -0.887. The predicted octanol–water partition coefficient (Wildman–Crippen LogP) is 0.958. The van der Waals surface area contributed by atoms with Crippen molar-refractivity contribution in [1.29, 1.82) is 0 Å². The fourth-order valence-corrected chi connectivity index (χ4v) is 3.66. The molecule has 2 aliphatic rings. The van der Waals surface area contributed by atoms with Crippen LogP contribution < -0.4 is 5.32 Å². The number of hydrogen-bond acceptors (Lipinski definition) is 3. The van der Waals surface area contributed by atoms with Crippen molar-refractivity contribution >= 4 is 11.9 Å². The molecular formula is C14H19N3O3. The summed E-state index contributed by atoms with van der Waals surface area (Å²) in [5.74, 6) is 0.0471.